The summed E-state index contributed by atoms with van der Waals surface area (Å²) in [4.78, 5) is 13.7. The normalized spacial score (nSPS) is 21.0. The highest BCUT2D eigenvalue weighted by molar-refractivity contribution is 6.32. The monoisotopic (exact) mass is 282 g/mol. The van der Waals surface area contributed by atoms with Crippen molar-refractivity contribution in [3.63, 3.8) is 0 Å². The number of likely N-dealkylation sites (tertiary alicyclic amines) is 1. The molecule has 1 aliphatic rings. The number of para-hydroxylation sites is 1. The zero-order valence-corrected chi connectivity index (χ0v) is 11.8. The lowest BCUT2D eigenvalue weighted by Crippen LogP contribution is -2.49. The highest BCUT2D eigenvalue weighted by Crippen LogP contribution is 2.26. The molecule has 1 aromatic carbocycles. The van der Waals surface area contributed by atoms with Crippen LogP contribution in [-0.2, 0) is 4.79 Å². The standard InChI is InChI=1S/C14H19ClN2O2/c1-10(16)14(18)17-8-4-5-11(9-17)19-13-7-3-2-6-12(13)15/h2-3,6-7,10-11H,4-5,8-9,16H2,1H3/t10-,11-/m1/s1. The van der Waals surface area contributed by atoms with Crippen molar-refractivity contribution in [1.82, 2.24) is 4.90 Å². The van der Waals surface area contributed by atoms with Crippen LogP contribution in [0.15, 0.2) is 24.3 Å². The highest BCUT2D eigenvalue weighted by Gasteiger charge is 2.26. The van der Waals surface area contributed by atoms with Crippen molar-refractivity contribution >= 4 is 17.5 Å². The van der Waals surface area contributed by atoms with Crippen LogP contribution >= 0.6 is 11.6 Å². The second-order valence-electron chi connectivity index (χ2n) is 4.89. The summed E-state index contributed by atoms with van der Waals surface area (Å²) in [5.74, 6) is 0.650. The van der Waals surface area contributed by atoms with Crippen LogP contribution in [0, 0.1) is 0 Å². The largest absolute Gasteiger partial charge is 0.487 e. The molecule has 0 saturated carbocycles. The van der Waals surface area contributed by atoms with E-state index in [0.29, 0.717) is 17.3 Å². The van der Waals surface area contributed by atoms with E-state index in [0.717, 1.165) is 19.4 Å². The van der Waals surface area contributed by atoms with Crippen LogP contribution in [0.25, 0.3) is 0 Å². The number of nitrogens with zero attached hydrogens (tertiary/aromatic N) is 1. The molecule has 4 nitrogen and oxygen atoms in total. The van der Waals surface area contributed by atoms with Crippen molar-refractivity contribution in [2.75, 3.05) is 13.1 Å². The van der Waals surface area contributed by atoms with Gasteiger partial charge in [0.25, 0.3) is 0 Å². The molecule has 1 heterocycles. The number of halogens is 1. The summed E-state index contributed by atoms with van der Waals surface area (Å²) in [5.41, 5.74) is 5.64. The third-order valence-electron chi connectivity index (χ3n) is 3.21. The van der Waals surface area contributed by atoms with Crippen LogP contribution in [0.4, 0.5) is 0 Å². The molecule has 2 rings (SSSR count). The SMILES string of the molecule is C[C@@H](N)C(=O)N1CCC[C@@H](Oc2ccccc2Cl)C1. The average molecular weight is 283 g/mol. The number of amides is 1. The Morgan fingerprint density at radius 2 is 2.26 bits per heavy atom. The summed E-state index contributed by atoms with van der Waals surface area (Å²) in [7, 11) is 0. The molecule has 0 aliphatic carbocycles. The maximum Gasteiger partial charge on any atom is 0.239 e. The van der Waals surface area contributed by atoms with E-state index in [9.17, 15) is 4.79 Å². The molecule has 5 heteroatoms. The van der Waals surface area contributed by atoms with Crippen LogP contribution in [0.1, 0.15) is 19.8 Å². The molecule has 1 aromatic rings. The lowest BCUT2D eigenvalue weighted by atomic mass is 10.1. The van der Waals surface area contributed by atoms with Gasteiger partial charge in [-0.05, 0) is 31.9 Å². The van der Waals surface area contributed by atoms with E-state index in [4.69, 9.17) is 22.1 Å². The Labute approximate surface area is 118 Å². The third kappa shape index (κ3) is 3.61. The molecular weight excluding hydrogens is 264 g/mol. The zero-order chi connectivity index (χ0) is 13.8. The Morgan fingerprint density at radius 1 is 1.53 bits per heavy atom. The number of hydrogen-bond donors (Lipinski definition) is 1. The van der Waals surface area contributed by atoms with Gasteiger partial charge in [0.2, 0.25) is 5.91 Å². The molecule has 1 aliphatic heterocycles. The van der Waals surface area contributed by atoms with Gasteiger partial charge in [-0.1, -0.05) is 23.7 Å². The molecule has 1 amide bonds. The summed E-state index contributed by atoms with van der Waals surface area (Å²) in [6.45, 7) is 3.04. The molecule has 1 fully saturated rings. The molecule has 19 heavy (non-hydrogen) atoms. The summed E-state index contributed by atoms with van der Waals surface area (Å²) < 4.78 is 5.88. The van der Waals surface area contributed by atoms with Crippen molar-refractivity contribution in [2.45, 2.75) is 31.9 Å². The smallest absolute Gasteiger partial charge is 0.239 e. The zero-order valence-electron chi connectivity index (χ0n) is 11.0. The number of ether oxygens (including phenoxy) is 1. The van der Waals surface area contributed by atoms with Gasteiger partial charge >= 0.3 is 0 Å². The molecule has 1 saturated heterocycles. The molecule has 2 N–H and O–H groups in total. The molecule has 104 valence electrons. The first kappa shape index (κ1) is 14.2. The molecule has 0 bridgehead atoms. The van der Waals surface area contributed by atoms with Crippen LogP contribution in [0.5, 0.6) is 5.75 Å². The Hall–Kier alpha value is -1.26. The minimum atomic E-state index is -0.459. The first-order chi connectivity index (χ1) is 9.08. The van der Waals surface area contributed by atoms with E-state index in [1.54, 1.807) is 17.9 Å². The number of hydrogen-bond acceptors (Lipinski definition) is 3. The Kier molecular flexibility index (Phi) is 4.66. The number of nitrogens with two attached hydrogens (primary N) is 1. The Bertz CT molecular complexity index is 451. The predicted molar refractivity (Wildman–Crippen MR) is 75.3 cm³/mol. The quantitative estimate of drug-likeness (QED) is 0.923. The van der Waals surface area contributed by atoms with Crippen LogP contribution < -0.4 is 10.5 Å². The van der Waals surface area contributed by atoms with Gasteiger partial charge in [0.1, 0.15) is 11.9 Å². The van der Waals surface area contributed by atoms with Crippen molar-refractivity contribution < 1.29 is 9.53 Å². The van der Waals surface area contributed by atoms with Gasteiger partial charge in [-0.15, -0.1) is 0 Å². The third-order valence-corrected chi connectivity index (χ3v) is 3.52. The number of rotatable bonds is 3. The van der Waals surface area contributed by atoms with E-state index in [-0.39, 0.29) is 12.0 Å². The van der Waals surface area contributed by atoms with Gasteiger partial charge in [-0.3, -0.25) is 4.79 Å². The van der Waals surface area contributed by atoms with Gasteiger partial charge in [0.15, 0.2) is 0 Å². The maximum atomic E-state index is 11.9. The number of benzene rings is 1. The predicted octanol–water partition coefficient (Wildman–Crippen LogP) is 2.06. The number of carbonyl (C=O) groups excluding carboxylic acids is 1. The number of piperidine rings is 1. The fourth-order valence-electron chi connectivity index (χ4n) is 2.24. The van der Waals surface area contributed by atoms with Crippen LogP contribution in [-0.4, -0.2) is 36.0 Å². The van der Waals surface area contributed by atoms with Gasteiger partial charge in [0, 0.05) is 6.54 Å². The van der Waals surface area contributed by atoms with E-state index in [2.05, 4.69) is 0 Å². The number of carbonyl (C=O) groups is 1. The van der Waals surface area contributed by atoms with Crippen molar-refractivity contribution in [1.29, 1.82) is 0 Å². The van der Waals surface area contributed by atoms with Crippen molar-refractivity contribution in [3.05, 3.63) is 29.3 Å². The van der Waals surface area contributed by atoms with Crippen LogP contribution in [0.2, 0.25) is 5.02 Å². The first-order valence-electron chi connectivity index (χ1n) is 6.53. The minimum Gasteiger partial charge on any atom is -0.487 e. The molecule has 0 aromatic heterocycles. The average Bonchev–Trinajstić information content (AvgIpc) is 2.41. The minimum absolute atomic E-state index is 0.0173. The molecule has 2 atom stereocenters. The molecule has 0 radical (unpaired) electrons. The molecule has 0 spiro atoms. The van der Waals surface area contributed by atoms with Crippen molar-refractivity contribution in [2.24, 2.45) is 5.73 Å². The van der Waals surface area contributed by atoms with E-state index in [1.165, 1.54) is 0 Å². The van der Waals surface area contributed by atoms with E-state index < -0.39 is 6.04 Å². The Balaban J connectivity index is 1.98. The lowest BCUT2D eigenvalue weighted by molar-refractivity contribution is -0.134. The van der Waals surface area contributed by atoms with E-state index in [1.807, 2.05) is 18.2 Å². The summed E-state index contributed by atoms with van der Waals surface area (Å²) >= 11 is 6.07. The second kappa shape index (κ2) is 6.26. The fourth-order valence-corrected chi connectivity index (χ4v) is 2.42. The summed E-state index contributed by atoms with van der Waals surface area (Å²) in [5, 5.41) is 0.596. The first-order valence-corrected chi connectivity index (χ1v) is 6.91. The van der Waals surface area contributed by atoms with Gasteiger partial charge in [-0.25, -0.2) is 0 Å². The lowest BCUT2D eigenvalue weighted by Gasteiger charge is -2.34. The highest BCUT2D eigenvalue weighted by atomic mass is 35.5. The summed E-state index contributed by atoms with van der Waals surface area (Å²) in [6.07, 6.45) is 1.83. The van der Waals surface area contributed by atoms with Crippen LogP contribution in [0.3, 0.4) is 0 Å². The van der Waals surface area contributed by atoms with Gasteiger partial charge < -0.3 is 15.4 Å². The fraction of sp³-hybridized carbons (Fsp3) is 0.500. The van der Waals surface area contributed by atoms with Crippen molar-refractivity contribution in [3.8, 4) is 5.75 Å². The van der Waals surface area contributed by atoms with Gasteiger partial charge in [0.05, 0.1) is 17.6 Å². The van der Waals surface area contributed by atoms with Gasteiger partial charge in [-0.2, -0.15) is 0 Å². The maximum absolute atomic E-state index is 11.9. The second-order valence-corrected chi connectivity index (χ2v) is 5.29. The molecular formula is C14H19ClN2O2. The van der Waals surface area contributed by atoms with E-state index >= 15 is 0 Å². The summed E-state index contributed by atoms with van der Waals surface area (Å²) in [6, 6.07) is 6.93. The molecule has 0 unspecified atom stereocenters. The Morgan fingerprint density at radius 3 is 2.95 bits per heavy atom. The topological polar surface area (TPSA) is 55.6 Å².